The summed E-state index contributed by atoms with van der Waals surface area (Å²) in [4.78, 5) is 0.309. The van der Waals surface area contributed by atoms with Gasteiger partial charge in [0, 0.05) is 6.04 Å². The van der Waals surface area contributed by atoms with Crippen molar-refractivity contribution < 1.29 is 13.2 Å². The third-order valence-corrected chi connectivity index (χ3v) is 5.53. The van der Waals surface area contributed by atoms with E-state index >= 15 is 0 Å². The minimum Gasteiger partial charge on any atom is -0.494 e. The second-order valence-corrected chi connectivity index (χ2v) is 7.52. The number of sulfonamides is 1. The van der Waals surface area contributed by atoms with E-state index in [9.17, 15) is 8.42 Å². The van der Waals surface area contributed by atoms with Gasteiger partial charge >= 0.3 is 0 Å². The third-order valence-electron chi connectivity index (χ3n) is 4.02. The first-order valence-electron chi connectivity index (χ1n) is 7.78. The molecule has 2 rings (SSSR count). The van der Waals surface area contributed by atoms with Gasteiger partial charge in [0.25, 0.3) is 0 Å². The SMILES string of the molecule is CCCOc1ccc(S(=O)(=O)N[C@H]2CCCC[C@H]2C)cc1. The maximum atomic E-state index is 12.4. The highest BCUT2D eigenvalue weighted by Crippen LogP contribution is 2.25. The zero-order chi connectivity index (χ0) is 15.3. The lowest BCUT2D eigenvalue weighted by Gasteiger charge is -2.29. The number of rotatable bonds is 6. The van der Waals surface area contributed by atoms with Crippen molar-refractivity contribution in [2.75, 3.05) is 6.61 Å². The summed E-state index contributed by atoms with van der Waals surface area (Å²) in [5, 5.41) is 0. The summed E-state index contributed by atoms with van der Waals surface area (Å²) >= 11 is 0. The van der Waals surface area contributed by atoms with Crippen molar-refractivity contribution in [3.05, 3.63) is 24.3 Å². The monoisotopic (exact) mass is 311 g/mol. The Kier molecular flexibility index (Phi) is 5.65. The molecule has 0 amide bonds. The highest BCUT2D eigenvalue weighted by atomic mass is 32.2. The molecule has 0 saturated heterocycles. The molecule has 0 bridgehead atoms. The normalized spacial score (nSPS) is 23.0. The molecule has 1 fully saturated rings. The smallest absolute Gasteiger partial charge is 0.240 e. The van der Waals surface area contributed by atoms with E-state index in [2.05, 4.69) is 11.6 Å². The van der Waals surface area contributed by atoms with Crippen LogP contribution in [0.25, 0.3) is 0 Å². The van der Waals surface area contributed by atoms with Crippen LogP contribution in [0.5, 0.6) is 5.75 Å². The van der Waals surface area contributed by atoms with E-state index in [1.165, 1.54) is 6.42 Å². The van der Waals surface area contributed by atoms with Gasteiger partial charge in [-0.1, -0.05) is 26.7 Å². The average Bonchev–Trinajstić information content (AvgIpc) is 2.48. The Morgan fingerprint density at radius 3 is 2.48 bits per heavy atom. The highest BCUT2D eigenvalue weighted by Gasteiger charge is 2.26. The van der Waals surface area contributed by atoms with Crippen LogP contribution in [-0.4, -0.2) is 21.1 Å². The molecule has 1 aliphatic carbocycles. The van der Waals surface area contributed by atoms with Crippen molar-refractivity contribution in [2.45, 2.75) is 56.9 Å². The molecule has 1 N–H and O–H groups in total. The first-order valence-corrected chi connectivity index (χ1v) is 9.26. The number of hydrogen-bond donors (Lipinski definition) is 1. The summed E-state index contributed by atoms with van der Waals surface area (Å²) < 4.78 is 33.2. The molecule has 0 aromatic heterocycles. The molecule has 1 aliphatic rings. The lowest BCUT2D eigenvalue weighted by molar-refractivity contribution is 0.310. The summed E-state index contributed by atoms with van der Waals surface area (Å²) in [5.74, 6) is 1.11. The van der Waals surface area contributed by atoms with E-state index in [0.717, 1.165) is 25.7 Å². The average molecular weight is 311 g/mol. The Morgan fingerprint density at radius 2 is 1.86 bits per heavy atom. The van der Waals surface area contributed by atoms with E-state index in [4.69, 9.17) is 4.74 Å². The van der Waals surface area contributed by atoms with Gasteiger partial charge in [0.15, 0.2) is 0 Å². The molecule has 1 saturated carbocycles. The molecule has 0 radical (unpaired) electrons. The minimum absolute atomic E-state index is 0.0553. The van der Waals surface area contributed by atoms with Crippen LogP contribution in [0.15, 0.2) is 29.2 Å². The van der Waals surface area contributed by atoms with Crippen LogP contribution < -0.4 is 9.46 Å². The Morgan fingerprint density at radius 1 is 1.19 bits per heavy atom. The summed E-state index contributed by atoms with van der Waals surface area (Å²) in [7, 11) is -3.44. The van der Waals surface area contributed by atoms with Crippen molar-refractivity contribution in [3.8, 4) is 5.75 Å². The first-order chi connectivity index (χ1) is 10.0. The lowest BCUT2D eigenvalue weighted by atomic mass is 9.87. The standard InChI is InChI=1S/C16H25NO3S/c1-3-12-20-14-8-10-15(11-9-14)21(18,19)17-16-7-5-4-6-13(16)2/h8-11,13,16-17H,3-7,12H2,1-2H3/t13-,16+/m1/s1. The van der Waals surface area contributed by atoms with Crippen LogP contribution in [0, 0.1) is 5.92 Å². The van der Waals surface area contributed by atoms with Crippen LogP contribution in [0.1, 0.15) is 46.0 Å². The minimum atomic E-state index is -3.44. The molecule has 0 heterocycles. The quantitative estimate of drug-likeness (QED) is 0.876. The molecule has 0 unspecified atom stereocenters. The van der Waals surface area contributed by atoms with Gasteiger partial charge in [0.2, 0.25) is 10.0 Å². The molecular formula is C16H25NO3S. The molecule has 2 atom stereocenters. The van der Waals surface area contributed by atoms with E-state index < -0.39 is 10.0 Å². The molecular weight excluding hydrogens is 286 g/mol. The van der Waals surface area contributed by atoms with Crippen LogP contribution >= 0.6 is 0 Å². The van der Waals surface area contributed by atoms with Crippen molar-refractivity contribution in [2.24, 2.45) is 5.92 Å². The Labute approximate surface area is 127 Å². The van der Waals surface area contributed by atoms with Gasteiger partial charge in [-0.2, -0.15) is 0 Å². The predicted octanol–water partition coefficient (Wildman–Crippen LogP) is 3.33. The summed E-state index contributed by atoms with van der Waals surface area (Å²) in [6.45, 7) is 4.80. The molecule has 4 nitrogen and oxygen atoms in total. The van der Waals surface area contributed by atoms with Gasteiger partial charge in [0.05, 0.1) is 11.5 Å². The number of ether oxygens (including phenoxy) is 1. The Hall–Kier alpha value is -1.07. The largest absolute Gasteiger partial charge is 0.494 e. The summed E-state index contributed by atoms with van der Waals surface area (Å²) in [6.07, 6.45) is 5.25. The van der Waals surface area contributed by atoms with E-state index in [1.807, 2.05) is 6.92 Å². The van der Waals surface area contributed by atoms with Crippen molar-refractivity contribution in [3.63, 3.8) is 0 Å². The van der Waals surface area contributed by atoms with Crippen LogP contribution in [-0.2, 0) is 10.0 Å². The van der Waals surface area contributed by atoms with Crippen LogP contribution in [0.4, 0.5) is 0 Å². The zero-order valence-corrected chi connectivity index (χ0v) is 13.7. The summed E-state index contributed by atoms with van der Waals surface area (Å²) in [6, 6.07) is 6.71. The molecule has 5 heteroatoms. The van der Waals surface area contributed by atoms with Gasteiger partial charge in [-0.05, 0) is 49.4 Å². The topological polar surface area (TPSA) is 55.4 Å². The van der Waals surface area contributed by atoms with Gasteiger partial charge in [-0.3, -0.25) is 0 Å². The maximum Gasteiger partial charge on any atom is 0.240 e. The first kappa shape index (κ1) is 16.3. The van der Waals surface area contributed by atoms with Gasteiger partial charge in [0.1, 0.15) is 5.75 Å². The molecule has 21 heavy (non-hydrogen) atoms. The van der Waals surface area contributed by atoms with Crippen molar-refractivity contribution in [1.82, 2.24) is 4.72 Å². The second-order valence-electron chi connectivity index (χ2n) is 5.81. The van der Waals surface area contributed by atoms with Crippen molar-refractivity contribution >= 4 is 10.0 Å². The van der Waals surface area contributed by atoms with Gasteiger partial charge in [-0.25, -0.2) is 13.1 Å². The lowest BCUT2D eigenvalue weighted by Crippen LogP contribution is -2.40. The number of hydrogen-bond acceptors (Lipinski definition) is 3. The van der Waals surface area contributed by atoms with Gasteiger partial charge in [-0.15, -0.1) is 0 Å². The third kappa shape index (κ3) is 4.45. The fourth-order valence-corrected chi connectivity index (χ4v) is 4.07. The Balaban J connectivity index is 2.04. The molecule has 0 aliphatic heterocycles. The molecule has 1 aromatic rings. The Bertz CT molecular complexity index is 539. The molecule has 118 valence electrons. The maximum absolute atomic E-state index is 12.4. The number of benzene rings is 1. The molecule has 0 spiro atoms. The van der Waals surface area contributed by atoms with Crippen LogP contribution in [0.2, 0.25) is 0 Å². The fourth-order valence-electron chi connectivity index (χ4n) is 2.69. The predicted molar refractivity (Wildman–Crippen MR) is 84.0 cm³/mol. The molecule has 1 aromatic carbocycles. The van der Waals surface area contributed by atoms with Gasteiger partial charge < -0.3 is 4.74 Å². The van der Waals surface area contributed by atoms with Crippen LogP contribution in [0.3, 0.4) is 0 Å². The van der Waals surface area contributed by atoms with Crippen molar-refractivity contribution in [1.29, 1.82) is 0 Å². The zero-order valence-electron chi connectivity index (χ0n) is 12.8. The summed E-state index contributed by atoms with van der Waals surface area (Å²) in [5.41, 5.74) is 0. The highest BCUT2D eigenvalue weighted by molar-refractivity contribution is 7.89. The van der Waals surface area contributed by atoms with E-state index in [1.54, 1.807) is 24.3 Å². The fraction of sp³-hybridized carbons (Fsp3) is 0.625. The number of nitrogens with one attached hydrogen (secondary N) is 1. The van der Waals surface area contributed by atoms with E-state index in [-0.39, 0.29) is 6.04 Å². The second kappa shape index (κ2) is 7.27. The van der Waals surface area contributed by atoms with E-state index in [0.29, 0.717) is 23.2 Å².